The lowest BCUT2D eigenvalue weighted by molar-refractivity contribution is -0.120. The maximum absolute atomic E-state index is 12.1. The highest BCUT2D eigenvalue weighted by Crippen LogP contribution is 2.26. The molecule has 1 amide bonds. The summed E-state index contributed by atoms with van der Waals surface area (Å²) in [6.07, 6.45) is 3.51. The van der Waals surface area contributed by atoms with E-state index >= 15 is 0 Å². The number of anilines is 1. The summed E-state index contributed by atoms with van der Waals surface area (Å²) in [6, 6.07) is 7.88. The molecule has 2 aromatic rings. The van der Waals surface area contributed by atoms with Crippen molar-refractivity contribution >= 4 is 17.6 Å². The van der Waals surface area contributed by atoms with Gasteiger partial charge in [-0.15, -0.1) is 5.10 Å². The molecule has 7 nitrogen and oxygen atoms in total. The molecule has 7 heteroatoms. The zero-order chi connectivity index (χ0) is 16.2. The van der Waals surface area contributed by atoms with E-state index in [1.165, 1.54) is 0 Å². The Morgan fingerprint density at radius 2 is 2.17 bits per heavy atom. The highest BCUT2D eigenvalue weighted by Gasteiger charge is 2.24. The molecule has 0 bridgehead atoms. The molecule has 2 N–H and O–H groups in total. The average molecular weight is 313 g/mol. The second-order valence-corrected chi connectivity index (χ2v) is 5.95. The van der Waals surface area contributed by atoms with Crippen LogP contribution in [0.3, 0.4) is 0 Å². The third kappa shape index (κ3) is 3.61. The van der Waals surface area contributed by atoms with Crippen LogP contribution in [-0.2, 0) is 16.0 Å². The normalized spacial score (nSPS) is 18.8. The Labute approximate surface area is 133 Å². The molecule has 0 unspecified atom stereocenters. The molecule has 120 valence electrons. The summed E-state index contributed by atoms with van der Waals surface area (Å²) in [5.41, 5.74) is 2.05. The standard InChI is InChI=1S/C16H19N5O2/c1-10(15(23)17-16-18-20-21-19-16)12-7-5-11(6-8-12)9-13-3-2-4-14(13)22/h5-8,10,13H,2-4,9H2,1H3,(H2,17,18,19,20,21,23)/t10-,13+/m1/s1. The lowest BCUT2D eigenvalue weighted by Crippen LogP contribution is -2.19. The van der Waals surface area contributed by atoms with Crippen LogP contribution in [0.15, 0.2) is 24.3 Å². The van der Waals surface area contributed by atoms with Gasteiger partial charge in [-0.3, -0.25) is 14.9 Å². The van der Waals surface area contributed by atoms with E-state index in [-0.39, 0.29) is 23.7 Å². The third-order valence-electron chi connectivity index (χ3n) is 4.37. The van der Waals surface area contributed by atoms with Gasteiger partial charge in [0.15, 0.2) is 0 Å². The van der Waals surface area contributed by atoms with Crippen LogP contribution in [0.4, 0.5) is 5.95 Å². The van der Waals surface area contributed by atoms with Gasteiger partial charge in [0.2, 0.25) is 5.91 Å². The number of rotatable bonds is 5. The topological polar surface area (TPSA) is 101 Å². The number of hydrogen-bond donors (Lipinski definition) is 2. The second-order valence-electron chi connectivity index (χ2n) is 5.95. The molecule has 1 heterocycles. The Kier molecular flexibility index (Phi) is 4.45. The minimum Gasteiger partial charge on any atom is -0.299 e. The van der Waals surface area contributed by atoms with Crippen molar-refractivity contribution in [1.82, 2.24) is 20.6 Å². The number of hydrogen-bond acceptors (Lipinski definition) is 5. The van der Waals surface area contributed by atoms with Crippen molar-refractivity contribution in [3.63, 3.8) is 0 Å². The summed E-state index contributed by atoms with van der Waals surface area (Å²) >= 11 is 0. The van der Waals surface area contributed by atoms with E-state index in [0.29, 0.717) is 5.78 Å². The van der Waals surface area contributed by atoms with Crippen LogP contribution < -0.4 is 5.32 Å². The van der Waals surface area contributed by atoms with Crippen molar-refractivity contribution in [2.75, 3.05) is 5.32 Å². The molecule has 1 aromatic carbocycles. The molecule has 1 aliphatic carbocycles. The number of tetrazole rings is 1. The molecule has 0 saturated heterocycles. The monoisotopic (exact) mass is 313 g/mol. The highest BCUT2D eigenvalue weighted by atomic mass is 16.2. The number of aromatic nitrogens is 4. The zero-order valence-electron chi connectivity index (χ0n) is 13.0. The molecule has 1 aromatic heterocycles. The van der Waals surface area contributed by atoms with Gasteiger partial charge in [0.1, 0.15) is 5.78 Å². The van der Waals surface area contributed by atoms with E-state index in [4.69, 9.17) is 0 Å². The van der Waals surface area contributed by atoms with Gasteiger partial charge in [0, 0.05) is 12.3 Å². The van der Waals surface area contributed by atoms with Gasteiger partial charge in [-0.05, 0) is 42.5 Å². The number of ketones is 1. The summed E-state index contributed by atoms with van der Waals surface area (Å²) in [7, 11) is 0. The van der Waals surface area contributed by atoms with Crippen molar-refractivity contribution in [3.8, 4) is 0 Å². The first-order chi connectivity index (χ1) is 11.1. The maximum Gasteiger partial charge on any atom is 0.269 e. The van der Waals surface area contributed by atoms with E-state index < -0.39 is 0 Å². The third-order valence-corrected chi connectivity index (χ3v) is 4.37. The van der Waals surface area contributed by atoms with Crippen LogP contribution in [0.5, 0.6) is 0 Å². The Hall–Kier alpha value is -2.57. The van der Waals surface area contributed by atoms with Crippen LogP contribution in [0.1, 0.15) is 43.2 Å². The molecule has 3 rings (SSSR count). The zero-order valence-corrected chi connectivity index (χ0v) is 13.0. The first-order valence-corrected chi connectivity index (χ1v) is 7.79. The van der Waals surface area contributed by atoms with Crippen LogP contribution in [-0.4, -0.2) is 32.3 Å². The fourth-order valence-corrected chi connectivity index (χ4v) is 2.92. The van der Waals surface area contributed by atoms with Crippen molar-refractivity contribution in [2.45, 2.75) is 38.5 Å². The Morgan fingerprint density at radius 3 is 2.78 bits per heavy atom. The first kappa shape index (κ1) is 15.3. The predicted molar refractivity (Wildman–Crippen MR) is 83.7 cm³/mol. The quantitative estimate of drug-likeness (QED) is 0.877. The van der Waals surface area contributed by atoms with Gasteiger partial charge in [-0.2, -0.15) is 5.21 Å². The van der Waals surface area contributed by atoms with E-state index in [1.807, 2.05) is 31.2 Å². The molecule has 0 radical (unpaired) electrons. The summed E-state index contributed by atoms with van der Waals surface area (Å²) in [4.78, 5) is 23.9. The fourth-order valence-electron chi connectivity index (χ4n) is 2.92. The van der Waals surface area contributed by atoms with Gasteiger partial charge < -0.3 is 0 Å². The predicted octanol–water partition coefficient (Wildman–Crippen LogP) is 1.85. The lowest BCUT2D eigenvalue weighted by atomic mass is 9.94. The summed E-state index contributed by atoms with van der Waals surface area (Å²) < 4.78 is 0. The Morgan fingerprint density at radius 1 is 1.39 bits per heavy atom. The number of Topliss-reactive ketones (excluding diaryl/α,β-unsaturated/α-hetero) is 1. The molecule has 1 fully saturated rings. The summed E-state index contributed by atoms with van der Waals surface area (Å²) in [6.45, 7) is 1.82. The van der Waals surface area contributed by atoms with E-state index in [9.17, 15) is 9.59 Å². The minimum absolute atomic E-state index is 0.165. The molecule has 1 saturated carbocycles. The van der Waals surface area contributed by atoms with Crippen LogP contribution in [0, 0.1) is 5.92 Å². The highest BCUT2D eigenvalue weighted by molar-refractivity contribution is 5.94. The number of nitrogens with one attached hydrogen (secondary N) is 2. The number of amides is 1. The minimum atomic E-state index is -0.323. The van der Waals surface area contributed by atoms with Gasteiger partial charge in [0.05, 0.1) is 5.92 Å². The van der Waals surface area contributed by atoms with Crippen LogP contribution >= 0.6 is 0 Å². The molecular formula is C16H19N5O2. The van der Waals surface area contributed by atoms with Gasteiger partial charge in [0.25, 0.3) is 5.95 Å². The van der Waals surface area contributed by atoms with Crippen LogP contribution in [0.25, 0.3) is 0 Å². The summed E-state index contributed by atoms with van der Waals surface area (Å²) in [5, 5.41) is 15.7. The van der Waals surface area contributed by atoms with Crippen LogP contribution in [0.2, 0.25) is 0 Å². The lowest BCUT2D eigenvalue weighted by Gasteiger charge is -2.12. The molecule has 0 spiro atoms. The maximum atomic E-state index is 12.1. The van der Waals surface area contributed by atoms with Gasteiger partial charge >= 0.3 is 0 Å². The molecule has 1 aliphatic rings. The number of H-pyrrole nitrogens is 1. The van der Waals surface area contributed by atoms with Crippen molar-refractivity contribution < 1.29 is 9.59 Å². The van der Waals surface area contributed by atoms with Crippen molar-refractivity contribution in [1.29, 1.82) is 0 Å². The number of carbonyl (C=O) groups is 2. The first-order valence-electron chi connectivity index (χ1n) is 7.79. The molecular weight excluding hydrogens is 294 g/mol. The number of nitrogens with zero attached hydrogens (tertiary/aromatic N) is 3. The fraction of sp³-hybridized carbons (Fsp3) is 0.438. The Bertz CT molecular complexity index is 681. The van der Waals surface area contributed by atoms with Gasteiger partial charge in [-0.25, -0.2) is 0 Å². The number of carbonyl (C=O) groups excluding carboxylic acids is 2. The van der Waals surface area contributed by atoms with Crippen molar-refractivity contribution in [2.24, 2.45) is 5.92 Å². The number of aromatic amines is 1. The Balaban J connectivity index is 1.61. The van der Waals surface area contributed by atoms with E-state index in [0.717, 1.165) is 36.8 Å². The summed E-state index contributed by atoms with van der Waals surface area (Å²) in [5.74, 6) is 0.195. The van der Waals surface area contributed by atoms with E-state index in [2.05, 4.69) is 25.9 Å². The smallest absolute Gasteiger partial charge is 0.269 e. The molecule has 0 aliphatic heterocycles. The largest absolute Gasteiger partial charge is 0.299 e. The SMILES string of the molecule is C[C@@H](C(=O)Nc1nn[nH]n1)c1ccc(C[C@@H]2CCCC2=O)cc1. The molecule has 2 atom stereocenters. The number of benzene rings is 1. The van der Waals surface area contributed by atoms with Crippen molar-refractivity contribution in [3.05, 3.63) is 35.4 Å². The average Bonchev–Trinajstić information content (AvgIpc) is 3.20. The molecule has 23 heavy (non-hydrogen) atoms. The second kappa shape index (κ2) is 6.68. The van der Waals surface area contributed by atoms with Gasteiger partial charge in [-0.1, -0.05) is 29.4 Å². The van der Waals surface area contributed by atoms with E-state index in [1.54, 1.807) is 0 Å².